The molecule has 1 aliphatic rings. The predicted molar refractivity (Wildman–Crippen MR) is 50.5 cm³/mol. The van der Waals surface area contributed by atoms with E-state index in [2.05, 4.69) is 32.1 Å². The molecule has 0 aliphatic heterocycles. The lowest BCUT2D eigenvalue weighted by Crippen LogP contribution is -1.93. The van der Waals surface area contributed by atoms with Crippen LogP contribution in [-0.4, -0.2) is 0 Å². The summed E-state index contributed by atoms with van der Waals surface area (Å²) in [6.07, 6.45) is 11.9. The van der Waals surface area contributed by atoms with Gasteiger partial charge in [-0.2, -0.15) is 0 Å². The molecule has 0 radical (unpaired) electrons. The van der Waals surface area contributed by atoms with Gasteiger partial charge in [0, 0.05) is 0 Å². The zero-order valence-corrected chi connectivity index (χ0v) is 7.64. The Morgan fingerprint density at radius 1 is 1.55 bits per heavy atom. The van der Waals surface area contributed by atoms with Crippen LogP contribution in [0.3, 0.4) is 0 Å². The van der Waals surface area contributed by atoms with Crippen LogP contribution in [0.5, 0.6) is 0 Å². The molecule has 0 aromatic rings. The van der Waals surface area contributed by atoms with Gasteiger partial charge in [0.2, 0.25) is 0 Å². The molecule has 62 valence electrons. The summed E-state index contributed by atoms with van der Waals surface area (Å²) in [4.78, 5) is 0. The minimum atomic E-state index is 0.853. The first kappa shape index (κ1) is 8.58. The van der Waals surface area contributed by atoms with Crippen LogP contribution in [0.1, 0.15) is 39.5 Å². The third kappa shape index (κ3) is 2.92. The van der Waals surface area contributed by atoms with Crippen molar-refractivity contribution in [1.82, 2.24) is 0 Å². The van der Waals surface area contributed by atoms with Crippen LogP contribution < -0.4 is 0 Å². The van der Waals surface area contributed by atoms with Crippen molar-refractivity contribution in [1.29, 1.82) is 0 Å². The van der Waals surface area contributed by atoms with Crippen LogP contribution >= 0.6 is 0 Å². The molecule has 0 spiro atoms. The van der Waals surface area contributed by atoms with E-state index in [9.17, 15) is 0 Å². The van der Waals surface area contributed by atoms with Gasteiger partial charge >= 0.3 is 0 Å². The molecule has 11 heavy (non-hydrogen) atoms. The Morgan fingerprint density at radius 2 is 2.36 bits per heavy atom. The largest absolute Gasteiger partial charge is 0.0843 e. The van der Waals surface area contributed by atoms with E-state index in [1.807, 2.05) is 0 Å². The lowest BCUT2D eigenvalue weighted by Gasteiger charge is -2.08. The Bertz CT molecular complexity index is 163. The Morgan fingerprint density at radius 3 is 3.09 bits per heavy atom. The Labute approximate surface area is 70.0 Å². The van der Waals surface area contributed by atoms with Crippen LogP contribution in [0.4, 0.5) is 0 Å². The van der Waals surface area contributed by atoms with Gasteiger partial charge in [-0.15, -0.1) is 0 Å². The first-order valence-electron chi connectivity index (χ1n) is 4.67. The molecule has 0 aromatic heterocycles. The molecule has 0 saturated heterocycles. The summed E-state index contributed by atoms with van der Waals surface area (Å²) in [6, 6.07) is 0. The molecule has 0 bridgehead atoms. The standard InChI is InChI=1S/C11H18/c1-3-6-11-8-5-4-7-10(2)9-11/h4-5,8,10H,3,6-7,9H2,1-2H3. The van der Waals surface area contributed by atoms with Crippen molar-refractivity contribution in [2.75, 3.05) is 0 Å². The van der Waals surface area contributed by atoms with Gasteiger partial charge in [-0.1, -0.05) is 44.1 Å². The Kier molecular flexibility index (Phi) is 3.41. The molecule has 0 saturated carbocycles. The van der Waals surface area contributed by atoms with Crippen molar-refractivity contribution in [3.8, 4) is 0 Å². The van der Waals surface area contributed by atoms with E-state index in [0.29, 0.717) is 0 Å². The van der Waals surface area contributed by atoms with E-state index in [1.165, 1.54) is 25.7 Å². The van der Waals surface area contributed by atoms with Crippen molar-refractivity contribution >= 4 is 0 Å². The molecule has 1 atom stereocenters. The smallest absolute Gasteiger partial charge is 0.0288 e. The third-order valence-corrected chi connectivity index (χ3v) is 2.19. The van der Waals surface area contributed by atoms with Crippen LogP contribution in [0, 0.1) is 5.92 Å². The van der Waals surface area contributed by atoms with Crippen molar-refractivity contribution in [3.63, 3.8) is 0 Å². The van der Waals surface area contributed by atoms with Gasteiger partial charge in [0.25, 0.3) is 0 Å². The molecule has 0 heterocycles. The van der Waals surface area contributed by atoms with Crippen molar-refractivity contribution in [3.05, 3.63) is 23.8 Å². The molecule has 0 aromatic carbocycles. The van der Waals surface area contributed by atoms with Gasteiger partial charge in [-0.05, 0) is 25.2 Å². The number of hydrogen-bond donors (Lipinski definition) is 0. The lowest BCUT2D eigenvalue weighted by atomic mass is 9.97. The van der Waals surface area contributed by atoms with E-state index in [1.54, 1.807) is 5.57 Å². The zero-order chi connectivity index (χ0) is 8.10. The van der Waals surface area contributed by atoms with Gasteiger partial charge < -0.3 is 0 Å². The molecule has 0 N–H and O–H groups in total. The summed E-state index contributed by atoms with van der Waals surface area (Å²) >= 11 is 0. The van der Waals surface area contributed by atoms with E-state index in [-0.39, 0.29) is 0 Å². The quantitative estimate of drug-likeness (QED) is 0.563. The summed E-state index contributed by atoms with van der Waals surface area (Å²) in [7, 11) is 0. The molecular weight excluding hydrogens is 132 g/mol. The van der Waals surface area contributed by atoms with Crippen molar-refractivity contribution < 1.29 is 0 Å². The van der Waals surface area contributed by atoms with Crippen LogP contribution in [0.15, 0.2) is 23.8 Å². The normalized spacial score (nSPS) is 24.5. The molecule has 1 unspecified atom stereocenters. The van der Waals surface area contributed by atoms with E-state index >= 15 is 0 Å². The van der Waals surface area contributed by atoms with Gasteiger partial charge in [-0.3, -0.25) is 0 Å². The summed E-state index contributed by atoms with van der Waals surface area (Å²) < 4.78 is 0. The fourth-order valence-corrected chi connectivity index (χ4v) is 1.62. The van der Waals surface area contributed by atoms with Crippen LogP contribution in [-0.2, 0) is 0 Å². The topological polar surface area (TPSA) is 0 Å². The number of hydrogen-bond acceptors (Lipinski definition) is 0. The maximum absolute atomic E-state index is 2.33. The highest BCUT2D eigenvalue weighted by Gasteiger charge is 2.05. The van der Waals surface area contributed by atoms with Gasteiger partial charge in [-0.25, -0.2) is 0 Å². The average Bonchev–Trinajstić information content (AvgIpc) is 2.15. The fraction of sp³-hybridized carbons (Fsp3) is 0.636. The lowest BCUT2D eigenvalue weighted by molar-refractivity contribution is 0.576. The average molecular weight is 150 g/mol. The maximum atomic E-state index is 2.33. The van der Waals surface area contributed by atoms with Gasteiger partial charge in [0.05, 0.1) is 0 Å². The molecule has 0 nitrogen and oxygen atoms in total. The predicted octanol–water partition coefficient (Wildman–Crippen LogP) is 3.70. The first-order chi connectivity index (χ1) is 5.33. The van der Waals surface area contributed by atoms with E-state index < -0.39 is 0 Å². The molecule has 0 amide bonds. The van der Waals surface area contributed by atoms with Crippen LogP contribution in [0.2, 0.25) is 0 Å². The second-order valence-electron chi connectivity index (χ2n) is 3.55. The highest BCUT2D eigenvalue weighted by atomic mass is 14.1. The molecule has 0 heteroatoms. The summed E-state index contributed by atoms with van der Waals surface area (Å²) in [5.74, 6) is 0.853. The third-order valence-electron chi connectivity index (χ3n) is 2.19. The second-order valence-corrected chi connectivity index (χ2v) is 3.55. The molecule has 0 fully saturated rings. The van der Waals surface area contributed by atoms with Crippen LogP contribution in [0.25, 0.3) is 0 Å². The first-order valence-corrected chi connectivity index (χ1v) is 4.67. The van der Waals surface area contributed by atoms with Gasteiger partial charge in [0.1, 0.15) is 0 Å². The second kappa shape index (κ2) is 4.38. The van der Waals surface area contributed by atoms with Crippen molar-refractivity contribution in [2.24, 2.45) is 5.92 Å². The summed E-state index contributed by atoms with van der Waals surface area (Å²) in [5, 5.41) is 0. The zero-order valence-electron chi connectivity index (χ0n) is 7.64. The molecule has 1 rings (SSSR count). The number of rotatable bonds is 2. The fourth-order valence-electron chi connectivity index (χ4n) is 1.62. The van der Waals surface area contributed by atoms with E-state index in [4.69, 9.17) is 0 Å². The molecular formula is C11H18. The number of allylic oxidation sites excluding steroid dienone is 4. The van der Waals surface area contributed by atoms with Crippen molar-refractivity contribution in [2.45, 2.75) is 39.5 Å². The monoisotopic (exact) mass is 150 g/mol. The highest BCUT2D eigenvalue weighted by Crippen LogP contribution is 2.21. The summed E-state index contributed by atoms with van der Waals surface area (Å²) in [5.41, 5.74) is 1.63. The Balaban J connectivity index is 2.50. The maximum Gasteiger partial charge on any atom is -0.0288 e. The highest BCUT2D eigenvalue weighted by molar-refractivity contribution is 5.15. The minimum Gasteiger partial charge on any atom is -0.0843 e. The minimum absolute atomic E-state index is 0.853. The Hall–Kier alpha value is -0.520. The summed E-state index contributed by atoms with van der Waals surface area (Å²) in [6.45, 7) is 4.58. The van der Waals surface area contributed by atoms with Gasteiger partial charge in [0.15, 0.2) is 0 Å². The SMILES string of the molecule is CCCC1=CC=CCC(C)C1. The molecule has 1 aliphatic carbocycles. The van der Waals surface area contributed by atoms with E-state index in [0.717, 1.165) is 5.92 Å².